The van der Waals surface area contributed by atoms with Gasteiger partial charge in [-0.05, 0) is 24.1 Å². The Morgan fingerprint density at radius 1 is 1.50 bits per heavy atom. The van der Waals surface area contributed by atoms with E-state index in [0.29, 0.717) is 6.61 Å². The molecule has 0 N–H and O–H groups in total. The monoisotopic (exact) mass is 213 g/mol. The second-order valence-corrected chi connectivity index (χ2v) is 3.84. The summed E-state index contributed by atoms with van der Waals surface area (Å²) >= 11 is -2.04. The molecule has 0 aliphatic heterocycles. The Morgan fingerprint density at radius 2 is 2.29 bits per heavy atom. The minimum atomic E-state index is -2.04. The molecule has 1 aromatic carbocycles. The molecule has 0 bridgehead atoms. The second kappa shape index (κ2) is 5.78. The molecule has 0 aromatic heterocycles. The molecule has 0 spiro atoms. The van der Waals surface area contributed by atoms with Gasteiger partial charge in [-0.1, -0.05) is 30.1 Å². The van der Waals surface area contributed by atoms with E-state index >= 15 is 0 Å². The van der Waals surface area contributed by atoms with Gasteiger partial charge in [-0.15, -0.1) is 0 Å². The van der Waals surface area contributed by atoms with Gasteiger partial charge in [-0.3, -0.25) is 4.21 Å². The average molecular weight is 213 g/mol. The minimum absolute atomic E-state index is 0.0450. The standard InChI is InChI=1S/C10H14O3S/c1-2-6-13-10-5-3-4-9(7-10)8-14(11)12/h3-5,7H,2,6,8H2,1H3,(H,11,12)/p-1. The Morgan fingerprint density at radius 3 is 2.93 bits per heavy atom. The summed E-state index contributed by atoms with van der Waals surface area (Å²) in [6.45, 7) is 2.68. The maximum atomic E-state index is 10.5. The first-order valence-corrected chi connectivity index (χ1v) is 5.74. The van der Waals surface area contributed by atoms with Crippen LogP contribution in [-0.4, -0.2) is 15.4 Å². The van der Waals surface area contributed by atoms with Crippen LogP contribution in [0.15, 0.2) is 24.3 Å². The first-order chi connectivity index (χ1) is 6.72. The van der Waals surface area contributed by atoms with Crippen molar-refractivity contribution < 1.29 is 13.5 Å². The van der Waals surface area contributed by atoms with Crippen molar-refractivity contribution in [2.45, 2.75) is 19.1 Å². The van der Waals surface area contributed by atoms with Crippen molar-refractivity contribution in [3.8, 4) is 5.75 Å². The first-order valence-electron chi connectivity index (χ1n) is 4.50. The van der Waals surface area contributed by atoms with Gasteiger partial charge in [-0.2, -0.15) is 0 Å². The molecule has 0 aliphatic carbocycles. The normalized spacial score (nSPS) is 12.4. The van der Waals surface area contributed by atoms with Crippen LogP contribution in [0.5, 0.6) is 5.75 Å². The lowest BCUT2D eigenvalue weighted by atomic mass is 10.2. The molecule has 4 heteroatoms. The molecular formula is C10H13O3S-. The van der Waals surface area contributed by atoms with Crippen LogP contribution in [0.1, 0.15) is 18.9 Å². The van der Waals surface area contributed by atoms with Crippen molar-refractivity contribution in [1.82, 2.24) is 0 Å². The van der Waals surface area contributed by atoms with Crippen molar-refractivity contribution >= 4 is 11.1 Å². The SMILES string of the molecule is CCCOc1cccc(CS(=O)[O-])c1. The summed E-state index contributed by atoms with van der Waals surface area (Å²) in [5, 5.41) is 0. The summed E-state index contributed by atoms with van der Waals surface area (Å²) in [5.41, 5.74) is 0.756. The number of rotatable bonds is 5. The molecule has 3 nitrogen and oxygen atoms in total. The van der Waals surface area contributed by atoms with Gasteiger partial charge in [0.1, 0.15) is 5.75 Å². The number of benzene rings is 1. The molecule has 1 rings (SSSR count). The molecule has 0 heterocycles. The van der Waals surface area contributed by atoms with Gasteiger partial charge >= 0.3 is 0 Å². The van der Waals surface area contributed by atoms with Crippen LogP contribution in [0, 0.1) is 0 Å². The van der Waals surface area contributed by atoms with Crippen LogP contribution >= 0.6 is 0 Å². The van der Waals surface area contributed by atoms with Crippen LogP contribution in [0.3, 0.4) is 0 Å². The molecule has 1 unspecified atom stereocenters. The third-order valence-corrected chi connectivity index (χ3v) is 2.22. The Hall–Kier alpha value is -0.870. The largest absolute Gasteiger partial charge is 0.772 e. The number of hydrogen-bond donors (Lipinski definition) is 0. The van der Waals surface area contributed by atoms with Crippen molar-refractivity contribution in [3.05, 3.63) is 29.8 Å². The first kappa shape index (κ1) is 11.2. The van der Waals surface area contributed by atoms with Crippen LogP contribution in [0.2, 0.25) is 0 Å². The summed E-state index contributed by atoms with van der Waals surface area (Å²) in [6.07, 6.45) is 0.942. The quantitative estimate of drug-likeness (QED) is 0.701. The topological polar surface area (TPSA) is 49.4 Å². The van der Waals surface area contributed by atoms with E-state index in [1.807, 2.05) is 13.0 Å². The smallest absolute Gasteiger partial charge is 0.119 e. The third-order valence-electron chi connectivity index (χ3n) is 1.66. The third kappa shape index (κ3) is 3.89. The number of ether oxygens (including phenoxy) is 1. The molecule has 1 atom stereocenters. The van der Waals surface area contributed by atoms with E-state index in [2.05, 4.69) is 0 Å². The highest BCUT2D eigenvalue weighted by atomic mass is 32.2. The van der Waals surface area contributed by atoms with E-state index in [1.165, 1.54) is 0 Å². The van der Waals surface area contributed by atoms with E-state index in [1.54, 1.807) is 18.2 Å². The van der Waals surface area contributed by atoms with Crippen molar-refractivity contribution in [2.75, 3.05) is 6.61 Å². The maximum Gasteiger partial charge on any atom is 0.119 e. The predicted octanol–water partition coefficient (Wildman–Crippen LogP) is 1.85. The van der Waals surface area contributed by atoms with Crippen molar-refractivity contribution in [2.24, 2.45) is 0 Å². The zero-order valence-electron chi connectivity index (χ0n) is 8.06. The highest BCUT2D eigenvalue weighted by Crippen LogP contribution is 2.14. The highest BCUT2D eigenvalue weighted by Gasteiger charge is 1.96. The van der Waals surface area contributed by atoms with Crippen LogP contribution in [0.4, 0.5) is 0 Å². The average Bonchev–Trinajstić information content (AvgIpc) is 2.14. The minimum Gasteiger partial charge on any atom is -0.772 e. The van der Waals surface area contributed by atoms with Gasteiger partial charge in [-0.25, -0.2) is 0 Å². The summed E-state index contributed by atoms with van der Waals surface area (Å²) in [7, 11) is 0. The summed E-state index contributed by atoms with van der Waals surface area (Å²) < 4.78 is 26.3. The maximum absolute atomic E-state index is 10.5. The molecule has 14 heavy (non-hydrogen) atoms. The van der Waals surface area contributed by atoms with E-state index in [0.717, 1.165) is 17.7 Å². The zero-order valence-corrected chi connectivity index (χ0v) is 8.88. The van der Waals surface area contributed by atoms with E-state index < -0.39 is 11.1 Å². The van der Waals surface area contributed by atoms with Gasteiger partial charge in [0.25, 0.3) is 0 Å². The molecule has 0 aliphatic rings. The Bertz CT molecular complexity index is 312. The lowest BCUT2D eigenvalue weighted by Crippen LogP contribution is -1.97. The Balaban J connectivity index is 2.63. The fraction of sp³-hybridized carbons (Fsp3) is 0.400. The zero-order chi connectivity index (χ0) is 10.4. The molecular weight excluding hydrogens is 200 g/mol. The predicted molar refractivity (Wildman–Crippen MR) is 54.9 cm³/mol. The van der Waals surface area contributed by atoms with Gasteiger partial charge < -0.3 is 9.29 Å². The Labute approximate surface area is 86.4 Å². The summed E-state index contributed by atoms with van der Waals surface area (Å²) in [4.78, 5) is 0. The van der Waals surface area contributed by atoms with Crippen LogP contribution in [-0.2, 0) is 16.8 Å². The molecule has 0 radical (unpaired) electrons. The highest BCUT2D eigenvalue weighted by molar-refractivity contribution is 7.78. The van der Waals surface area contributed by atoms with E-state index in [-0.39, 0.29) is 5.75 Å². The summed E-state index contributed by atoms with van der Waals surface area (Å²) in [5.74, 6) is 0.776. The lowest BCUT2D eigenvalue weighted by Gasteiger charge is -2.08. The molecule has 0 saturated carbocycles. The lowest BCUT2D eigenvalue weighted by molar-refractivity contribution is 0.317. The fourth-order valence-electron chi connectivity index (χ4n) is 1.08. The number of hydrogen-bond acceptors (Lipinski definition) is 3. The van der Waals surface area contributed by atoms with Crippen LogP contribution < -0.4 is 4.74 Å². The van der Waals surface area contributed by atoms with Crippen molar-refractivity contribution in [1.29, 1.82) is 0 Å². The van der Waals surface area contributed by atoms with Gasteiger partial charge in [0.15, 0.2) is 0 Å². The van der Waals surface area contributed by atoms with E-state index in [9.17, 15) is 8.76 Å². The van der Waals surface area contributed by atoms with Gasteiger partial charge in [0.05, 0.1) is 6.61 Å². The molecule has 1 aromatic rings. The molecule has 0 saturated heterocycles. The van der Waals surface area contributed by atoms with Crippen molar-refractivity contribution in [3.63, 3.8) is 0 Å². The van der Waals surface area contributed by atoms with Crippen LogP contribution in [0.25, 0.3) is 0 Å². The van der Waals surface area contributed by atoms with Gasteiger partial charge in [0, 0.05) is 5.75 Å². The molecule has 0 amide bonds. The fourth-order valence-corrected chi connectivity index (χ4v) is 1.53. The Kier molecular flexibility index (Phi) is 4.62. The summed E-state index contributed by atoms with van der Waals surface area (Å²) in [6, 6.07) is 7.15. The second-order valence-electron chi connectivity index (χ2n) is 2.94. The molecule has 78 valence electrons. The molecule has 0 fully saturated rings. The van der Waals surface area contributed by atoms with E-state index in [4.69, 9.17) is 4.74 Å². The van der Waals surface area contributed by atoms with Gasteiger partial charge in [0.2, 0.25) is 0 Å².